The molecule has 2 N–H and O–H groups in total. The van der Waals surface area contributed by atoms with E-state index in [1.807, 2.05) is 12.1 Å². The zero-order valence-corrected chi connectivity index (χ0v) is 15.8. The first-order valence-electron chi connectivity index (χ1n) is 8.27. The summed E-state index contributed by atoms with van der Waals surface area (Å²) in [6.45, 7) is 0.472. The number of nitrogens with zero attached hydrogens (tertiary/aromatic N) is 2. The molecule has 0 unspecified atom stereocenters. The molecule has 1 aromatic heterocycles. The monoisotopic (exact) mass is 398 g/mol. The van der Waals surface area contributed by atoms with Crippen molar-refractivity contribution in [1.82, 2.24) is 9.97 Å². The van der Waals surface area contributed by atoms with E-state index in [1.54, 1.807) is 25.3 Å². The van der Waals surface area contributed by atoms with Gasteiger partial charge in [-0.25, -0.2) is 23.1 Å². The summed E-state index contributed by atoms with van der Waals surface area (Å²) in [6.07, 6.45) is 2.87. The molecule has 1 amide bonds. The SMILES string of the molecule is COCc1ccc(C(=O)Nc2ccc(S(=O)(=O)Nc3ncccn3)cc2)cc1. The van der Waals surface area contributed by atoms with Crippen LogP contribution in [0.4, 0.5) is 11.6 Å². The first kappa shape index (κ1) is 19.5. The van der Waals surface area contributed by atoms with Crippen molar-refractivity contribution in [3.8, 4) is 0 Å². The second-order valence-electron chi connectivity index (χ2n) is 5.79. The molecule has 1 heterocycles. The van der Waals surface area contributed by atoms with Gasteiger partial charge in [0.05, 0.1) is 11.5 Å². The number of hydrogen-bond acceptors (Lipinski definition) is 6. The van der Waals surface area contributed by atoms with E-state index < -0.39 is 10.0 Å². The fraction of sp³-hybridized carbons (Fsp3) is 0.105. The van der Waals surface area contributed by atoms with Crippen LogP contribution in [0.3, 0.4) is 0 Å². The number of nitrogens with one attached hydrogen (secondary N) is 2. The largest absolute Gasteiger partial charge is 0.380 e. The number of carbonyl (C=O) groups excluding carboxylic acids is 1. The van der Waals surface area contributed by atoms with E-state index >= 15 is 0 Å². The van der Waals surface area contributed by atoms with Crippen LogP contribution < -0.4 is 10.0 Å². The summed E-state index contributed by atoms with van der Waals surface area (Å²) >= 11 is 0. The fourth-order valence-corrected chi connectivity index (χ4v) is 3.33. The number of amides is 1. The molecule has 28 heavy (non-hydrogen) atoms. The molecule has 0 aliphatic rings. The summed E-state index contributed by atoms with van der Waals surface area (Å²) in [7, 11) is -2.22. The number of ether oxygens (including phenoxy) is 1. The number of sulfonamides is 1. The molecule has 3 aromatic rings. The highest BCUT2D eigenvalue weighted by molar-refractivity contribution is 7.92. The van der Waals surface area contributed by atoms with Gasteiger partial charge in [-0.1, -0.05) is 12.1 Å². The van der Waals surface area contributed by atoms with Crippen molar-refractivity contribution < 1.29 is 17.9 Å². The number of rotatable bonds is 7. The van der Waals surface area contributed by atoms with Gasteiger partial charge in [0, 0.05) is 30.8 Å². The van der Waals surface area contributed by atoms with Crippen molar-refractivity contribution in [2.75, 3.05) is 17.1 Å². The van der Waals surface area contributed by atoms with Crippen LogP contribution in [0.15, 0.2) is 71.9 Å². The molecule has 0 fully saturated rings. The lowest BCUT2D eigenvalue weighted by atomic mass is 10.1. The Kier molecular flexibility index (Phi) is 5.97. The van der Waals surface area contributed by atoms with E-state index in [0.717, 1.165) is 5.56 Å². The lowest BCUT2D eigenvalue weighted by molar-refractivity contribution is 0.102. The van der Waals surface area contributed by atoms with Crippen molar-refractivity contribution in [2.24, 2.45) is 0 Å². The van der Waals surface area contributed by atoms with Crippen LogP contribution in [0, 0.1) is 0 Å². The van der Waals surface area contributed by atoms with E-state index in [4.69, 9.17) is 4.74 Å². The van der Waals surface area contributed by atoms with Gasteiger partial charge in [-0.05, 0) is 48.0 Å². The third-order valence-corrected chi connectivity index (χ3v) is 5.09. The Bertz CT molecular complexity index is 1040. The molecule has 0 radical (unpaired) electrons. The zero-order chi connectivity index (χ0) is 20.0. The molecule has 9 heteroatoms. The van der Waals surface area contributed by atoms with Crippen LogP contribution in [0.1, 0.15) is 15.9 Å². The van der Waals surface area contributed by atoms with Crippen molar-refractivity contribution in [3.63, 3.8) is 0 Å². The van der Waals surface area contributed by atoms with Crippen LogP contribution in [-0.2, 0) is 21.4 Å². The van der Waals surface area contributed by atoms with Gasteiger partial charge >= 0.3 is 0 Å². The van der Waals surface area contributed by atoms with E-state index in [9.17, 15) is 13.2 Å². The average Bonchev–Trinajstić information content (AvgIpc) is 2.69. The minimum Gasteiger partial charge on any atom is -0.380 e. The smallest absolute Gasteiger partial charge is 0.264 e. The average molecular weight is 398 g/mol. The van der Waals surface area contributed by atoms with Gasteiger partial charge < -0.3 is 10.1 Å². The minimum absolute atomic E-state index is 0.0169. The topological polar surface area (TPSA) is 110 Å². The van der Waals surface area contributed by atoms with E-state index in [1.165, 1.54) is 36.7 Å². The minimum atomic E-state index is -3.82. The summed E-state index contributed by atoms with van der Waals surface area (Å²) < 4.78 is 32.0. The summed E-state index contributed by atoms with van der Waals surface area (Å²) in [4.78, 5) is 20.0. The van der Waals surface area contributed by atoms with Crippen molar-refractivity contribution in [3.05, 3.63) is 78.1 Å². The number of benzene rings is 2. The van der Waals surface area contributed by atoms with Crippen molar-refractivity contribution >= 4 is 27.6 Å². The highest BCUT2D eigenvalue weighted by atomic mass is 32.2. The van der Waals surface area contributed by atoms with E-state index in [2.05, 4.69) is 20.0 Å². The third-order valence-electron chi connectivity index (χ3n) is 3.74. The molecule has 144 valence electrons. The van der Waals surface area contributed by atoms with Gasteiger partial charge in [0.2, 0.25) is 5.95 Å². The second kappa shape index (κ2) is 8.59. The number of methoxy groups -OCH3 is 1. The first-order valence-corrected chi connectivity index (χ1v) is 9.75. The Labute approximate surface area is 162 Å². The third kappa shape index (κ3) is 4.90. The van der Waals surface area contributed by atoms with Crippen LogP contribution in [0.2, 0.25) is 0 Å². The molecule has 0 spiro atoms. The number of anilines is 2. The van der Waals surface area contributed by atoms with Crippen molar-refractivity contribution in [2.45, 2.75) is 11.5 Å². The molecule has 0 saturated carbocycles. The van der Waals surface area contributed by atoms with Gasteiger partial charge in [0.1, 0.15) is 0 Å². The zero-order valence-electron chi connectivity index (χ0n) is 15.0. The quantitative estimate of drug-likeness (QED) is 0.633. The number of carbonyl (C=O) groups is 1. The van der Waals surface area contributed by atoms with Gasteiger partial charge in [-0.15, -0.1) is 0 Å². The lowest BCUT2D eigenvalue weighted by Crippen LogP contribution is -2.15. The van der Waals surface area contributed by atoms with Crippen LogP contribution in [-0.4, -0.2) is 31.4 Å². The molecule has 0 aliphatic carbocycles. The standard InChI is InChI=1S/C19H18N4O4S/c1-27-13-14-3-5-15(6-4-14)18(24)22-16-7-9-17(10-8-16)28(25,26)23-19-20-11-2-12-21-19/h2-12H,13H2,1H3,(H,22,24)(H,20,21,23). The highest BCUT2D eigenvalue weighted by Gasteiger charge is 2.15. The molecule has 0 aliphatic heterocycles. The Morgan fingerprint density at radius 2 is 1.64 bits per heavy atom. The maximum Gasteiger partial charge on any atom is 0.264 e. The molecule has 0 atom stereocenters. The van der Waals surface area contributed by atoms with Crippen LogP contribution >= 0.6 is 0 Å². The predicted molar refractivity (Wildman–Crippen MR) is 104 cm³/mol. The normalized spacial score (nSPS) is 11.0. The summed E-state index contributed by atoms with van der Waals surface area (Å²) in [6, 6.07) is 14.4. The van der Waals surface area contributed by atoms with Gasteiger partial charge in [0.15, 0.2) is 0 Å². The summed E-state index contributed by atoms with van der Waals surface area (Å²) in [5.74, 6) is -0.313. The molecule has 8 nitrogen and oxygen atoms in total. The van der Waals surface area contributed by atoms with Gasteiger partial charge in [-0.3, -0.25) is 4.79 Å². The second-order valence-corrected chi connectivity index (χ2v) is 7.47. The Morgan fingerprint density at radius 3 is 2.25 bits per heavy atom. The molecular formula is C19H18N4O4S. The lowest BCUT2D eigenvalue weighted by Gasteiger charge is -2.09. The molecule has 0 saturated heterocycles. The Hall–Kier alpha value is -3.30. The van der Waals surface area contributed by atoms with Crippen molar-refractivity contribution in [1.29, 1.82) is 0 Å². The van der Waals surface area contributed by atoms with Gasteiger partial charge in [0.25, 0.3) is 15.9 Å². The predicted octanol–water partition coefficient (Wildman–Crippen LogP) is 2.68. The molecular weight excluding hydrogens is 380 g/mol. The number of aromatic nitrogens is 2. The van der Waals surface area contributed by atoms with E-state index in [-0.39, 0.29) is 16.8 Å². The van der Waals surface area contributed by atoms with Crippen LogP contribution in [0.5, 0.6) is 0 Å². The first-order chi connectivity index (χ1) is 13.5. The number of hydrogen-bond donors (Lipinski definition) is 2. The molecule has 0 bridgehead atoms. The summed E-state index contributed by atoms with van der Waals surface area (Å²) in [5, 5.41) is 2.73. The fourth-order valence-electron chi connectivity index (χ4n) is 2.37. The highest BCUT2D eigenvalue weighted by Crippen LogP contribution is 2.17. The van der Waals surface area contributed by atoms with Crippen LogP contribution in [0.25, 0.3) is 0 Å². The summed E-state index contributed by atoms with van der Waals surface area (Å²) in [5.41, 5.74) is 1.92. The van der Waals surface area contributed by atoms with E-state index in [0.29, 0.717) is 17.9 Å². The Morgan fingerprint density at radius 1 is 1.00 bits per heavy atom. The maximum atomic E-state index is 12.4. The van der Waals surface area contributed by atoms with Gasteiger partial charge in [-0.2, -0.15) is 0 Å². The molecule has 2 aromatic carbocycles. The Balaban J connectivity index is 1.67. The molecule has 3 rings (SSSR count). The maximum absolute atomic E-state index is 12.4.